The van der Waals surface area contributed by atoms with Crippen molar-refractivity contribution in [2.24, 2.45) is 0 Å². The number of unbranched alkanes of at least 4 members (excludes halogenated alkanes) is 4. The summed E-state index contributed by atoms with van der Waals surface area (Å²) in [6, 6.07) is 0. The Morgan fingerprint density at radius 3 is 2.29 bits per heavy atom. The molecule has 0 atom stereocenters. The van der Waals surface area contributed by atoms with Crippen molar-refractivity contribution in [2.45, 2.75) is 72.3 Å². The second-order valence-electron chi connectivity index (χ2n) is 4.62. The fourth-order valence-corrected chi connectivity index (χ4v) is 2.27. The van der Waals surface area contributed by atoms with E-state index in [0.717, 1.165) is 36.7 Å². The molecule has 0 radical (unpaired) electrons. The molecule has 0 saturated heterocycles. The second-order valence-corrected chi connectivity index (χ2v) is 4.62. The van der Waals surface area contributed by atoms with Crippen LogP contribution in [0.3, 0.4) is 0 Å². The third-order valence-electron chi connectivity index (χ3n) is 3.31. The molecule has 0 spiro atoms. The van der Waals surface area contributed by atoms with E-state index in [-0.39, 0.29) is 0 Å². The molecular weight excluding hydrogens is 210 g/mol. The van der Waals surface area contributed by atoms with E-state index in [1.54, 1.807) is 0 Å². The van der Waals surface area contributed by atoms with Crippen LogP contribution in [-0.4, -0.2) is 9.55 Å². The molecule has 0 amide bonds. The van der Waals surface area contributed by atoms with Gasteiger partial charge in [-0.2, -0.15) is 0 Å². The minimum atomic E-state index is 0.889. The minimum Gasteiger partial charge on any atom is -0.384 e. The fraction of sp³-hybridized carbons (Fsp3) is 0.786. The number of aromatic nitrogens is 2. The van der Waals surface area contributed by atoms with E-state index in [2.05, 4.69) is 30.3 Å². The maximum atomic E-state index is 6.13. The lowest BCUT2D eigenvalue weighted by Gasteiger charge is -2.04. The highest BCUT2D eigenvalue weighted by atomic mass is 15.1. The molecule has 3 nitrogen and oxygen atoms in total. The molecule has 0 unspecified atom stereocenters. The first-order chi connectivity index (χ1) is 8.24. The zero-order valence-corrected chi connectivity index (χ0v) is 11.6. The van der Waals surface area contributed by atoms with Crippen molar-refractivity contribution in [3.8, 4) is 0 Å². The molecule has 98 valence electrons. The Morgan fingerprint density at radius 2 is 1.76 bits per heavy atom. The molecule has 0 bridgehead atoms. The minimum absolute atomic E-state index is 0.889. The van der Waals surface area contributed by atoms with Gasteiger partial charge in [-0.3, -0.25) is 0 Å². The highest BCUT2D eigenvalue weighted by Gasteiger charge is 2.11. The van der Waals surface area contributed by atoms with Crippen molar-refractivity contribution in [1.82, 2.24) is 9.55 Å². The number of imidazole rings is 1. The van der Waals surface area contributed by atoms with Crippen molar-refractivity contribution < 1.29 is 0 Å². The molecule has 0 fully saturated rings. The molecule has 17 heavy (non-hydrogen) atoms. The van der Waals surface area contributed by atoms with Crippen molar-refractivity contribution in [2.75, 3.05) is 5.73 Å². The van der Waals surface area contributed by atoms with E-state index in [4.69, 9.17) is 5.73 Å². The molecule has 1 aromatic heterocycles. The smallest absolute Gasteiger partial charge is 0.126 e. The molecule has 0 aliphatic rings. The average molecular weight is 237 g/mol. The molecular formula is C14H27N3. The lowest BCUT2D eigenvalue weighted by molar-refractivity contribution is 0.629. The number of nitrogen functional groups attached to an aromatic ring is 1. The topological polar surface area (TPSA) is 43.8 Å². The molecule has 0 aromatic carbocycles. The summed E-state index contributed by atoms with van der Waals surface area (Å²) >= 11 is 0. The predicted molar refractivity (Wildman–Crippen MR) is 74.2 cm³/mol. The van der Waals surface area contributed by atoms with Crippen LogP contribution < -0.4 is 5.73 Å². The van der Waals surface area contributed by atoms with Crippen LogP contribution in [0.2, 0.25) is 0 Å². The third-order valence-corrected chi connectivity index (χ3v) is 3.31. The largest absolute Gasteiger partial charge is 0.384 e. The van der Waals surface area contributed by atoms with E-state index < -0.39 is 0 Å². The van der Waals surface area contributed by atoms with Gasteiger partial charge in [0, 0.05) is 13.0 Å². The van der Waals surface area contributed by atoms with E-state index in [9.17, 15) is 0 Å². The first-order valence-electron chi connectivity index (χ1n) is 7.08. The number of rotatable bonds is 8. The molecule has 0 aliphatic heterocycles. The quantitative estimate of drug-likeness (QED) is 0.703. The third kappa shape index (κ3) is 3.76. The lowest BCUT2D eigenvalue weighted by Crippen LogP contribution is -2.04. The number of nitrogens with zero attached hydrogens (tertiary/aromatic N) is 2. The van der Waals surface area contributed by atoms with Gasteiger partial charge in [-0.25, -0.2) is 4.98 Å². The van der Waals surface area contributed by atoms with Crippen LogP contribution in [0, 0.1) is 0 Å². The Kier molecular flexibility index (Phi) is 6.09. The van der Waals surface area contributed by atoms with Crippen molar-refractivity contribution >= 4 is 5.82 Å². The Bertz CT molecular complexity index is 328. The Labute approximate surface area is 105 Å². The lowest BCUT2D eigenvalue weighted by atomic mass is 10.1. The Balaban J connectivity index is 2.50. The number of hydrogen-bond donors (Lipinski definition) is 1. The first-order valence-corrected chi connectivity index (χ1v) is 7.08. The summed E-state index contributed by atoms with van der Waals surface area (Å²) in [5, 5.41) is 0. The maximum Gasteiger partial charge on any atom is 0.126 e. The average Bonchev–Trinajstić information content (AvgIpc) is 2.65. The summed E-state index contributed by atoms with van der Waals surface area (Å²) in [6.45, 7) is 7.44. The molecule has 1 heterocycles. The molecule has 3 heteroatoms. The monoisotopic (exact) mass is 237 g/mol. The summed E-state index contributed by atoms with van der Waals surface area (Å²) in [4.78, 5) is 4.65. The molecule has 1 aromatic rings. The normalized spacial score (nSPS) is 11.0. The van der Waals surface area contributed by atoms with Gasteiger partial charge in [-0.1, -0.05) is 39.5 Å². The van der Waals surface area contributed by atoms with E-state index in [1.165, 1.54) is 32.1 Å². The summed E-state index contributed by atoms with van der Waals surface area (Å²) < 4.78 is 2.14. The number of anilines is 1. The summed E-state index contributed by atoms with van der Waals surface area (Å²) in [7, 11) is 0. The van der Waals surface area contributed by atoms with E-state index in [0.29, 0.717) is 0 Å². The first kappa shape index (κ1) is 14.1. The van der Waals surface area contributed by atoms with Gasteiger partial charge >= 0.3 is 0 Å². The van der Waals surface area contributed by atoms with Gasteiger partial charge in [-0.05, 0) is 19.8 Å². The van der Waals surface area contributed by atoms with Gasteiger partial charge in [0.2, 0.25) is 0 Å². The molecule has 0 saturated carbocycles. The fourth-order valence-electron chi connectivity index (χ4n) is 2.27. The predicted octanol–water partition coefficient (Wildman–Crippen LogP) is 3.56. The molecule has 2 N–H and O–H groups in total. The summed E-state index contributed by atoms with van der Waals surface area (Å²) in [5.41, 5.74) is 7.24. The van der Waals surface area contributed by atoms with Crippen LogP contribution in [0.25, 0.3) is 0 Å². The van der Waals surface area contributed by atoms with Gasteiger partial charge < -0.3 is 10.3 Å². The Hall–Kier alpha value is -0.990. The maximum absolute atomic E-state index is 6.13. The van der Waals surface area contributed by atoms with Crippen LogP contribution >= 0.6 is 0 Å². The SMILES string of the molecule is CCCCCCCc1nc(CC)n(CC)c1N. The number of nitrogens with two attached hydrogens (primary N) is 1. The zero-order valence-electron chi connectivity index (χ0n) is 11.6. The van der Waals surface area contributed by atoms with Gasteiger partial charge in [0.25, 0.3) is 0 Å². The van der Waals surface area contributed by atoms with Gasteiger partial charge in [0.05, 0.1) is 5.69 Å². The standard InChI is InChI=1S/C14H27N3/c1-4-7-8-9-10-11-12-14(15)17(6-3)13(5-2)16-12/h4-11,15H2,1-3H3. The molecule has 1 rings (SSSR count). The van der Waals surface area contributed by atoms with Crippen molar-refractivity contribution in [3.05, 3.63) is 11.5 Å². The molecule has 0 aliphatic carbocycles. The zero-order chi connectivity index (χ0) is 12.7. The van der Waals surface area contributed by atoms with Crippen LogP contribution in [0.4, 0.5) is 5.82 Å². The van der Waals surface area contributed by atoms with Gasteiger partial charge in [0.1, 0.15) is 11.6 Å². The van der Waals surface area contributed by atoms with Crippen molar-refractivity contribution in [1.29, 1.82) is 0 Å². The van der Waals surface area contributed by atoms with Crippen molar-refractivity contribution in [3.63, 3.8) is 0 Å². The summed E-state index contributed by atoms with van der Waals surface area (Å²) in [5.74, 6) is 2.02. The van der Waals surface area contributed by atoms with E-state index in [1.807, 2.05) is 0 Å². The highest BCUT2D eigenvalue weighted by molar-refractivity contribution is 5.38. The van der Waals surface area contributed by atoms with Crippen LogP contribution in [0.5, 0.6) is 0 Å². The van der Waals surface area contributed by atoms with Crippen LogP contribution in [0.1, 0.15) is 64.4 Å². The summed E-state index contributed by atoms with van der Waals surface area (Å²) in [6.07, 6.45) is 8.50. The van der Waals surface area contributed by atoms with Crippen LogP contribution in [-0.2, 0) is 19.4 Å². The highest BCUT2D eigenvalue weighted by Crippen LogP contribution is 2.18. The second kappa shape index (κ2) is 7.36. The van der Waals surface area contributed by atoms with Crippen LogP contribution in [0.15, 0.2) is 0 Å². The van der Waals surface area contributed by atoms with E-state index >= 15 is 0 Å². The number of aryl methyl sites for hydroxylation is 2. The Morgan fingerprint density at radius 1 is 1.06 bits per heavy atom. The van der Waals surface area contributed by atoms with Gasteiger partial charge in [-0.15, -0.1) is 0 Å². The van der Waals surface area contributed by atoms with Gasteiger partial charge in [0.15, 0.2) is 0 Å². The number of hydrogen-bond acceptors (Lipinski definition) is 2.